The van der Waals surface area contributed by atoms with Gasteiger partial charge in [-0.25, -0.2) is 0 Å². The molecule has 0 saturated carbocycles. The lowest BCUT2D eigenvalue weighted by Gasteiger charge is -2.40. The number of aryl methyl sites for hydroxylation is 1. The van der Waals surface area contributed by atoms with Crippen LogP contribution in [0.3, 0.4) is 0 Å². The van der Waals surface area contributed by atoms with Crippen molar-refractivity contribution in [3.05, 3.63) is 70.8 Å². The maximum Gasteiger partial charge on any atom is 0.247 e. The fraction of sp³-hybridized carbons (Fsp3) is 0.294. The number of aliphatic hydroxyl groups is 4. The highest BCUT2D eigenvalue weighted by Crippen LogP contribution is 2.61. The van der Waals surface area contributed by atoms with Gasteiger partial charge in [0.25, 0.3) is 0 Å². The van der Waals surface area contributed by atoms with Crippen molar-refractivity contribution in [3.8, 4) is 0 Å². The molecular formula is C17H16O4. The SMILES string of the molecule is OC1(O)c2ccccc2C2(CCc3ccccc32)C1(O)O. The van der Waals surface area contributed by atoms with E-state index in [0.717, 1.165) is 11.1 Å². The maximum absolute atomic E-state index is 10.7. The van der Waals surface area contributed by atoms with E-state index in [0.29, 0.717) is 18.4 Å². The van der Waals surface area contributed by atoms with Gasteiger partial charge in [-0.2, -0.15) is 0 Å². The molecule has 1 spiro atoms. The molecule has 2 aromatic rings. The number of benzene rings is 2. The van der Waals surface area contributed by atoms with Crippen molar-refractivity contribution in [2.45, 2.75) is 29.8 Å². The summed E-state index contributed by atoms with van der Waals surface area (Å²) in [7, 11) is 0. The molecule has 1 atom stereocenters. The summed E-state index contributed by atoms with van der Waals surface area (Å²) in [5.41, 5.74) is 1.30. The second-order valence-electron chi connectivity index (χ2n) is 5.95. The standard InChI is InChI=1S/C17H16O4/c18-16(19)14-8-4-3-7-13(14)15(17(16,20)21)10-9-11-5-1-2-6-12(11)15/h1-8,18-21H,9-10H2. The Balaban J connectivity index is 2.11. The van der Waals surface area contributed by atoms with Crippen LogP contribution in [0.2, 0.25) is 0 Å². The van der Waals surface area contributed by atoms with Crippen LogP contribution in [-0.2, 0) is 17.6 Å². The molecule has 0 heterocycles. The molecule has 1 unspecified atom stereocenters. The zero-order valence-electron chi connectivity index (χ0n) is 11.3. The Kier molecular flexibility index (Phi) is 2.30. The minimum Gasteiger partial charge on any atom is -0.360 e. The monoisotopic (exact) mass is 284 g/mol. The van der Waals surface area contributed by atoms with Crippen molar-refractivity contribution in [2.24, 2.45) is 0 Å². The molecule has 0 fully saturated rings. The second kappa shape index (κ2) is 3.72. The van der Waals surface area contributed by atoms with Gasteiger partial charge in [0.15, 0.2) is 0 Å². The fourth-order valence-corrected chi connectivity index (χ4v) is 4.09. The average molecular weight is 284 g/mol. The third kappa shape index (κ3) is 1.25. The number of fused-ring (bicyclic) bond motifs is 4. The Morgan fingerprint density at radius 2 is 1.29 bits per heavy atom. The van der Waals surface area contributed by atoms with Crippen LogP contribution >= 0.6 is 0 Å². The first-order valence-corrected chi connectivity index (χ1v) is 7.01. The highest BCUT2D eigenvalue weighted by molar-refractivity contribution is 5.58. The van der Waals surface area contributed by atoms with Crippen LogP contribution in [0.4, 0.5) is 0 Å². The summed E-state index contributed by atoms with van der Waals surface area (Å²) in [6.45, 7) is 0. The number of hydrogen-bond donors (Lipinski definition) is 4. The summed E-state index contributed by atoms with van der Waals surface area (Å²) in [6.07, 6.45) is 1.10. The van der Waals surface area contributed by atoms with Crippen LogP contribution < -0.4 is 0 Å². The Bertz CT molecular complexity index is 735. The molecule has 0 amide bonds. The Labute approximate surface area is 121 Å². The number of hydrogen-bond acceptors (Lipinski definition) is 4. The highest BCUT2D eigenvalue weighted by atomic mass is 16.6. The van der Waals surface area contributed by atoms with Crippen LogP contribution in [-0.4, -0.2) is 26.2 Å². The molecule has 4 nitrogen and oxygen atoms in total. The van der Waals surface area contributed by atoms with E-state index in [1.54, 1.807) is 18.2 Å². The summed E-state index contributed by atoms with van der Waals surface area (Å²) >= 11 is 0. The predicted molar refractivity (Wildman–Crippen MR) is 75.3 cm³/mol. The van der Waals surface area contributed by atoms with E-state index in [-0.39, 0.29) is 5.56 Å². The second-order valence-corrected chi connectivity index (χ2v) is 5.95. The van der Waals surface area contributed by atoms with Gasteiger partial charge in [0, 0.05) is 5.56 Å². The lowest BCUT2D eigenvalue weighted by molar-refractivity contribution is -0.375. The summed E-state index contributed by atoms with van der Waals surface area (Å²) in [4.78, 5) is 0. The van der Waals surface area contributed by atoms with Gasteiger partial charge in [0.2, 0.25) is 11.6 Å². The van der Waals surface area contributed by atoms with E-state index in [1.165, 1.54) is 6.07 Å². The van der Waals surface area contributed by atoms with Gasteiger partial charge in [-0.3, -0.25) is 0 Å². The summed E-state index contributed by atoms with van der Waals surface area (Å²) in [5.74, 6) is -5.36. The first-order chi connectivity index (χ1) is 9.93. The lowest BCUT2D eigenvalue weighted by atomic mass is 9.72. The molecule has 0 aliphatic heterocycles. The molecule has 0 bridgehead atoms. The number of rotatable bonds is 0. The van der Waals surface area contributed by atoms with Crippen LogP contribution in [0, 0.1) is 0 Å². The summed E-state index contributed by atoms with van der Waals surface area (Å²) in [6, 6.07) is 14.2. The van der Waals surface area contributed by atoms with Crippen molar-refractivity contribution in [1.82, 2.24) is 0 Å². The summed E-state index contributed by atoms with van der Waals surface area (Å²) in [5, 5.41) is 42.2. The molecule has 4 N–H and O–H groups in total. The molecular weight excluding hydrogens is 268 g/mol. The molecule has 108 valence electrons. The fourth-order valence-electron chi connectivity index (χ4n) is 4.09. The van der Waals surface area contributed by atoms with E-state index in [1.807, 2.05) is 24.3 Å². The van der Waals surface area contributed by atoms with Gasteiger partial charge in [0.05, 0.1) is 5.41 Å². The molecule has 0 aromatic heterocycles. The van der Waals surface area contributed by atoms with Crippen molar-refractivity contribution in [2.75, 3.05) is 0 Å². The topological polar surface area (TPSA) is 80.9 Å². The molecule has 4 rings (SSSR count). The Morgan fingerprint density at radius 3 is 2.00 bits per heavy atom. The van der Waals surface area contributed by atoms with Crippen molar-refractivity contribution < 1.29 is 20.4 Å². The third-order valence-corrected chi connectivity index (χ3v) is 5.09. The predicted octanol–water partition coefficient (Wildman–Crippen LogP) is 0.751. The Hall–Kier alpha value is -1.72. The van der Waals surface area contributed by atoms with E-state index >= 15 is 0 Å². The highest BCUT2D eigenvalue weighted by Gasteiger charge is 2.71. The van der Waals surface area contributed by atoms with Crippen LogP contribution in [0.25, 0.3) is 0 Å². The third-order valence-electron chi connectivity index (χ3n) is 5.09. The van der Waals surface area contributed by atoms with Gasteiger partial charge < -0.3 is 20.4 Å². The molecule has 21 heavy (non-hydrogen) atoms. The molecule has 2 aliphatic carbocycles. The first kappa shape index (κ1) is 13.0. The van der Waals surface area contributed by atoms with Gasteiger partial charge in [-0.15, -0.1) is 0 Å². The van der Waals surface area contributed by atoms with Gasteiger partial charge in [0.1, 0.15) is 0 Å². The van der Waals surface area contributed by atoms with Gasteiger partial charge >= 0.3 is 0 Å². The van der Waals surface area contributed by atoms with Crippen LogP contribution in [0.5, 0.6) is 0 Å². The van der Waals surface area contributed by atoms with E-state index in [4.69, 9.17) is 0 Å². The zero-order valence-corrected chi connectivity index (χ0v) is 11.3. The normalized spacial score (nSPS) is 27.6. The lowest BCUT2D eigenvalue weighted by Crippen LogP contribution is -2.59. The van der Waals surface area contributed by atoms with E-state index in [2.05, 4.69) is 0 Å². The first-order valence-electron chi connectivity index (χ1n) is 7.01. The maximum atomic E-state index is 10.7. The minimum atomic E-state index is -2.69. The van der Waals surface area contributed by atoms with Crippen molar-refractivity contribution in [3.63, 3.8) is 0 Å². The van der Waals surface area contributed by atoms with Crippen LogP contribution in [0.1, 0.15) is 28.7 Å². The van der Waals surface area contributed by atoms with Gasteiger partial charge in [-0.1, -0.05) is 48.5 Å². The molecule has 2 aromatic carbocycles. The zero-order chi connectivity index (χ0) is 14.9. The van der Waals surface area contributed by atoms with E-state index < -0.39 is 17.0 Å². The van der Waals surface area contributed by atoms with Crippen molar-refractivity contribution >= 4 is 0 Å². The van der Waals surface area contributed by atoms with Gasteiger partial charge in [-0.05, 0) is 29.5 Å². The summed E-state index contributed by atoms with van der Waals surface area (Å²) < 4.78 is 0. The van der Waals surface area contributed by atoms with Crippen molar-refractivity contribution in [1.29, 1.82) is 0 Å². The van der Waals surface area contributed by atoms with E-state index in [9.17, 15) is 20.4 Å². The largest absolute Gasteiger partial charge is 0.360 e. The molecule has 0 saturated heterocycles. The molecule has 4 heteroatoms. The smallest absolute Gasteiger partial charge is 0.247 e. The molecule has 2 aliphatic rings. The van der Waals surface area contributed by atoms with Crippen LogP contribution in [0.15, 0.2) is 48.5 Å². The molecule has 0 radical (unpaired) electrons. The quantitative estimate of drug-likeness (QED) is 0.538. The Morgan fingerprint density at radius 1 is 0.714 bits per heavy atom. The minimum absolute atomic E-state index is 0.159. The average Bonchev–Trinajstić information content (AvgIpc) is 2.92.